The lowest BCUT2D eigenvalue weighted by atomic mass is 9.87. The lowest BCUT2D eigenvalue weighted by Gasteiger charge is -2.35. The van der Waals surface area contributed by atoms with Gasteiger partial charge >= 0.3 is 5.97 Å². The quantitative estimate of drug-likeness (QED) is 0.896. The first-order chi connectivity index (χ1) is 9.63. The third-order valence-corrected chi connectivity index (χ3v) is 4.93. The second-order valence-electron chi connectivity index (χ2n) is 5.92. The topological polar surface area (TPSA) is 40.5 Å². The first-order valence-electron chi connectivity index (χ1n) is 7.38. The number of rotatable bonds is 5. The van der Waals surface area contributed by atoms with Gasteiger partial charge in [0.05, 0.1) is 6.42 Å². The highest BCUT2D eigenvalue weighted by Crippen LogP contribution is 2.34. The predicted octanol–water partition coefficient (Wildman–Crippen LogP) is 3.25. The van der Waals surface area contributed by atoms with E-state index in [4.69, 9.17) is 5.11 Å². The van der Waals surface area contributed by atoms with Crippen LogP contribution in [0.4, 0.5) is 0 Å². The minimum absolute atomic E-state index is 0.264. The number of hydrogen-bond acceptors (Lipinski definition) is 2. The summed E-state index contributed by atoms with van der Waals surface area (Å²) in [6.45, 7) is 0.705. The summed E-state index contributed by atoms with van der Waals surface area (Å²) >= 11 is 3.53. The second-order valence-corrected chi connectivity index (χ2v) is 6.84. The van der Waals surface area contributed by atoms with Crippen LogP contribution in [0.5, 0.6) is 0 Å². The molecule has 0 radical (unpaired) electrons. The minimum atomic E-state index is -0.684. The van der Waals surface area contributed by atoms with Crippen molar-refractivity contribution < 1.29 is 9.90 Å². The van der Waals surface area contributed by atoms with Crippen LogP contribution in [0.15, 0.2) is 22.7 Å². The first kappa shape index (κ1) is 14.1. The summed E-state index contributed by atoms with van der Waals surface area (Å²) in [6.07, 6.45) is 6.07. The molecule has 0 heterocycles. The van der Waals surface area contributed by atoms with Gasteiger partial charge in [0.25, 0.3) is 0 Å². The third kappa shape index (κ3) is 3.23. The highest BCUT2D eigenvalue weighted by molar-refractivity contribution is 9.10. The average molecular weight is 338 g/mol. The maximum atomic E-state index is 10.8. The molecule has 3 rings (SSSR count). The summed E-state index contributed by atoms with van der Waals surface area (Å²) in [5, 5.41) is 8.92. The van der Waals surface area contributed by atoms with E-state index in [1.54, 1.807) is 0 Å². The summed E-state index contributed by atoms with van der Waals surface area (Å²) in [6, 6.07) is 7.71. The van der Waals surface area contributed by atoms with Gasteiger partial charge in [-0.2, -0.15) is 0 Å². The van der Waals surface area contributed by atoms with E-state index >= 15 is 0 Å². The molecule has 1 atom stereocenters. The Hall–Kier alpha value is -0.870. The second kappa shape index (κ2) is 5.86. The molecule has 0 bridgehead atoms. The van der Waals surface area contributed by atoms with E-state index in [1.165, 1.54) is 24.0 Å². The normalized spacial score (nSPS) is 21.8. The molecule has 0 amide bonds. The van der Waals surface area contributed by atoms with Crippen LogP contribution in [-0.2, 0) is 17.6 Å². The van der Waals surface area contributed by atoms with Gasteiger partial charge in [-0.3, -0.25) is 9.69 Å². The number of carboxylic acids is 1. The van der Waals surface area contributed by atoms with E-state index in [1.807, 2.05) is 0 Å². The van der Waals surface area contributed by atoms with Crippen LogP contribution in [0.1, 0.15) is 36.8 Å². The van der Waals surface area contributed by atoms with E-state index < -0.39 is 5.97 Å². The molecule has 0 spiro atoms. The Morgan fingerprint density at radius 2 is 2.05 bits per heavy atom. The van der Waals surface area contributed by atoms with E-state index in [0.717, 1.165) is 23.7 Å². The van der Waals surface area contributed by atoms with Gasteiger partial charge in [0.15, 0.2) is 0 Å². The van der Waals surface area contributed by atoms with E-state index in [2.05, 4.69) is 39.0 Å². The summed E-state index contributed by atoms with van der Waals surface area (Å²) in [5.41, 5.74) is 2.88. The van der Waals surface area contributed by atoms with Gasteiger partial charge in [-0.05, 0) is 55.4 Å². The summed E-state index contributed by atoms with van der Waals surface area (Å²) in [7, 11) is 0. The number of nitrogens with zero attached hydrogens (tertiary/aromatic N) is 1. The van der Waals surface area contributed by atoms with Gasteiger partial charge in [-0.1, -0.05) is 22.0 Å². The van der Waals surface area contributed by atoms with Crippen molar-refractivity contribution in [2.45, 2.75) is 50.6 Å². The number of hydrogen-bond donors (Lipinski definition) is 1. The molecule has 0 aliphatic heterocycles. The molecule has 1 unspecified atom stereocenters. The number of benzene rings is 1. The first-order valence-corrected chi connectivity index (χ1v) is 8.17. The van der Waals surface area contributed by atoms with Gasteiger partial charge in [0.2, 0.25) is 0 Å². The van der Waals surface area contributed by atoms with Crippen molar-refractivity contribution in [1.29, 1.82) is 0 Å². The Bertz CT molecular complexity index is 513. The smallest absolute Gasteiger partial charge is 0.304 e. The highest BCUT2D eigenvalue weighted by atomic mass is 79.9. The van der Waals surface area contributed by atoms with Gasteiger partial charge in [0, 0.05) is 23.1 Å². The van der Waals surface area contributed by atoms with Gasteiger partial charge in [0.1, 0.15) is 0 Å². The molecule has 1 N–H and O–H groups in total. The van der Waals surface area contributed by atoms with Crippen LogP contribution in [0.2, 0.25) is 0 Å². The predicted molar refractivity (Wildman–Crippen MR) is 81.9 cm³/mol. The van der Waals surface area contributed by atoms with Gasteiger partial charge in [-0.25, -0.2) is 0 Å². The highest BCUT2D eigenvalue weighted by Gasteiger charge is 2.35. The number of carbonyl (C=O) groups is 1. The van der Waals surface area contributed by atoms with Crippen molar-refractivity contribution in [3.63, 3.8) is 0 Å². The number of aryl methyl sites for hydroxylation is 1. The number of aliphatic carboxylic acids is 1. The monoisotopic (exact) mass is 337 g/mol. The molecule has 1 saturated carbocycles. The molecule has 108 valence electrons. The maximum Gasteiger partial charge on any atom is 0.304 e. The Labute approximate surface area is 128 Å². The van der Waals surface area contributed by atoms with Crippen molar-refractivity contribution in [3.8, 4) is 0 Å². The molecule has 0 aromatic heterocycles. The Balaban J connectivity index is 1.70. The van der Waals surface area contributed by atoms with Crippen LogP contribution >= 0.6 is 15.9 Å². The van der Waals surface area contributed by atoms with Crippen molar-refractivity contribution in [3.05, 3.63) is 33.8 Å². The van der Waals surface area contributed by atoms with Crippen LogP contribution in [0.25, 0.3) is 0 Å². The zero-order chi connectivity index (χ0) is 14.1. The summed E-state index contributed by atoms with van der Waals surface area (Å²) in [5.74, 6) is -0.684. The fraction of sp³-hybridized carbons (Fsp3) is 0.562. The molecular formula is C16H20BrNO2. The van der Waals surface area contributed by atoms with E-state index in [-0.39, 0.29) is 6.42 Å². The molecule has 2 aliphatic rings. The molecule has 3 nitrogen and oxygen atoms in total. The molecule has 1 fully saturated rings. The van der Waals surface area contributed by atoms with Crippen LogP contribution in [-0.4, -0.2) is 34.6 Å². The standard InChI is InChI=1S/C16H20BrNO2/c17-13-3-1-12-10-15(4-2-11(12)9-13)18(14-5-6-14)8-7-16(19)20/h1,3,9,14-15H,2,4-8,10H2,(H,19,20). The lowest BCUT2D eigenvalue weighted by molar-refractivity contribution is -0.137. The number of fused-ring (bicyclic) bond motifs is 1. The van der Waals surface area contributed by atoms with Crippen LogP contribution < -0.4 is 0 Å². The number of carboxylic acid groups (broad SMARTS) is 1. The lowest BCUT2D eigenvalue weighted by Crippen LogP contribution is -2.42. The Morgan fingerprint density at radius 1 is 1.25 bits per heavy atom. The largest absolute Gasteiger partial charge is 0.481 e. The van der Waals surface area contributed by atoms with E-state index in [9.17, 15) is 4.79 Å². The number of halogens is 1. The van der Waals surface area contributed by atoms with Crippen molar-refractivity contribution in [2.75, 3.05) is 6.54 Å². The summed E-state index contributed by atoms with van der Waals surface area (Å²) in [4.78, 5) is 13.3. The molecule has 2 aliphatic carbocycles. The molecular weight excluding hydrogens is 318 g/mol. The Morgan fingerprint density at radius 3 is 2.75 bits per heavy atom. The fourth-order valence-corrected chi connectivity index (χ4v) is 3.69. The zero-order valence-electron chi connectivity index (χ0n) is 11.5. The van der Waals surface area contributed by atoms with Crippen LogP contribution in [0.3, 0.4) is 0 Å². The van der Waals surface area contributed by atoms with E-state index in [0.29, 0.717) is 18.6 Å². The minimum Gasteiger partial charge on any atom is -0.481 e. The van der Waals surface area contributed by atoms with Crippen molar-refractivity contribution in [2.24, 2.45) is 0 Å². The van der Waals surface area contributed by atoms with Gasteiger partial charge in [-0.15, -0.1) is 0 Å². The summed E-state index contributed by atoms with van der Waals surface area (Å²) < 4.78 is 1.15. The van der Waals surface area contributed by atoms with Crippen LogP contribution in [0, 0.1) is 0 Å². The molecule has 4 heteroatoms. The SMILES string of the molecule is O=C(O)CCN(C1CC1)C1CCc2cc(Br)ccc2C1. The fourth-order valence-electron chi connectivity index (χ4n) is 3.28. The molecule has 0 saturated heterocycles. The van der Waals surface area contributed by atoms with Crippen molar-refractivity contribution in [1.82, 2.24) is 4.90 Å². The maximum absolute atomic E-state index is 10.8. The third-order valence-electron chi connectivity index (χ3n) is 4.44. The zero-order valence-corrected chi connectivity index (χ0v) is 13.1. The molecule has 20 heavy (non-hydrogen) atoms. The van der Waals surface area contributed by atoms with Gasteiger partial charge < -0.3 is 5.11 Å². The molecule has 1 aromatic carbocycles. The average Bonchev–Trinajstić information content (AvgIpc) is 3.23. The Kier molecular flexibility index (Phi) is 4.13. The van der Waals surface area contributed by atoms with Crippen molar-refractivity contribution >= 4 is 21.9 Å². The molecule has 1 aromatic rings.